The maximum Gasteiger partial charge on any atom is 0.261 e. The molecule has 1 aliphatic rings. The molecule has 9 heteroatoms. The second kappa shape index (κ2) is 12.2. The number of morpholine rings is 1. The van der Waals surface area contributed by atoms with Gasteiger partial charge in [0.25, 0.3) is 15.9 Å². The first-order valence-electron chi connectivity index (χ1n) is 11.7. The molecule has 0 aliphatic carbocycles. The van der Waals surface area contributed by atoms with Gasteiger partial charge >= 0.3 is 0 Å². The summed E-state index contributed by atoms with van der Waals surface area (Å²) in [6.07, 6.45) is 0.993. The summed E-state index contributed by atoms with van der Waals surface area (Å²) in [5.41, 5.74) is 0.866. The van der Waals surface area contributed by atoms with E-state index in [1.54, 1.807) is 36.4 Å². The second-order valence-electron chi connectivity index (χ2n) is 8.73. The van der Waals surface area contributed by atoms with Crippen molar-refractivity contribution in [3.05, 3.63) is 54.1 Å². The molecular formula is C25H35N3O5S. The molecule has 1 atom stereocenters. The minimum absolute atomic E-state index is 0.136. The average molecular weight is 490 g/mol. The minimum Gasteiger partial charge on any atom is -0.494 e. The Morgan fingerprint density at radius 2 is 1.71 bits per heavy atom. The van der Waals surface area contributed by atoms with Gasteiger partial charge in [-0.15, -0.1) is 0 Å². The van der Waals surface area contributed by atoms with Gasteiger partial charge < -0.3 is 14.8 Å². The van der Waals surface area contributed by atoms with Crippen molar-refractivity contribution >= 4 is 21.6 Å². The zero-order valence-corrected chi connectivity index (χ0v) is 20.9. The van der Waals surface area contributed by atoms with Crippen molar-refractivity contribution < 1.29 is 22.7 Å². The number of ether oxygens (including phenoxy) is 2. The monoisotopic (exact) mass is 489 g/mol. The number of amides is 1. The molecule has 1 saturated heterocycles. The number of hydrogen-bond donors (Lipinski definition) is 2. The lowest BCUT2D eigenvalue weighted by atomic mass is 10.0. The van der Waals surface area contributed by atoms with Crippen molar-refractivity contribution in [1.82, 2.24) is 10.2 Å². The van der Waals surface area contributed by atoms with Gasteiger partial charge in [0.15, 0.2) is 0 Å². The summed E-state index contributed by atoms with van der Waals surface area (Å²) in [5, 5.41) is 3.04. The Morgan fingerprint density at radius 3 is 2.29 bits per heavy atom. The van der Waals surface area contributed by atoms with Crippen LogP contribution in [-0.2, 0) is 14.8 Å². The fourth-order valence-corrected chi connectivity index (χ4v) is 5.00. The quantitative estimate of drug-likeness (QED) is 0.502. The molecule has 0 unspecified atom stereocenters. The fraction of sp³-hybridized carbons (Fsp3) is 0.480. The number of nitrogens with zero attached hydrogens (tertiary/aromatic N) is 1. The number of rotatable bonds is 11. The summed E-state index contributed by atoms with van der Waals surface area (Å²) < 4.78 is 38.7. The van der Waals surface area contributed by atoms with E-state index >= 15 is 0 Å². The van der Waals surface area contributed by atoms with Gasteiger partial charge in [0.1, 0.15) is 5.75 Å². The predicted octanol–water partition coefficient (Wildman–Crippen LogP) is 3.36. The van der Waals surface area contributed by atoms with Gasteiger partial charge in [0.05, 0.1) is 24.7 Å². The molecule has 2 aromatic rings. The molecule has 0 saturated carbocycles. The van der Waals surface area contributed by atoms with Crippen LogP contribution in [0, 0.1) is 5.92 Å². The van der Waals surface area contributed by atoms with Crippen LogP contribution in [0.3, 0.4) is 0 Å². The van der Waals surface area contributed by atoms with Gasteiger partial charge in [0, 0.05) is 36.9 Å². The fourth-order valence-electron chi connectivity index (χ4n) is 3.95. The zero-order valence-electron chi connectivity index (χ0n) is 20.1. The lowest BCUT2D eigenvalue weighted by molar-refractivity contribution is 0.0124. The number of carbonyl (C=O) groups excluding carboxylic acids is 1. The van der Waals surface area contributed by atoms with E-state index in [4.69, 9.17) is 9.47 Å². The first-order valence-corrected chi connectivity index (χ1v) is 13.2. The Balaban J connectivity index is 1.58. The van der Waals surface area contributed by atoms with Crippen LogP contribution in [-0.4, -0.2) is 64.7 Å². The second-order valence-corrected chi connectivity index (χ2v) is 10.4. The Morgan fingerprint density at radius 1 is 1.06 bits per heavy atom. The summed E-state index contributed by atoms with van der Waals surface area (Å²) in [5.74, 6) is 0.955. The van der Waals surface area contributed by atoms with E-state index in [9.17, 15) is 13.2 Å². The Kier molecular flexibility index (Phi) is 9.32. The molecule has 1 heterocycles. The molecule has 0 radical (unpaired) electrons. The van der Waals surface area contributed by atoms with Crippen molar-refractivity contribution in [1.29, 1.82) is 0 Å². The highest BCUT2D eigenvalue weighted by Gasteiger charge is 2.23. The zero-order chi connectivity index (χ0) is 24.6. The number of sulfonamides is 1. The highest BCUT2D eigenvalue weighted by molar-refractivity contribution is 7.92. The van der Waals surface area contributed by atoms with Crippen molar-refractivity contribution in [2.45, 2.75) is 38.1 Å². The van der Waals surface area contributed by atoms with Crippen LogP contribution < -0.4 is 14.8 Å². The van der Waals surface area contributed by atoms with E-state index in [1.165, 1.54) is 12.1 Å². The van der Waals surface area contributed by atoms with Gasteiger partial charge in [-0.1, -0.05) is 13.8 Å². The molecular weight excluding hydrogens is 454 g/mol. The van der Waals surface area contributed by atoms with Crippen molar-refractivity contribution in [3.63, 3.8) is 0 Å². The van der Waals surface area contributed by atoms with Crippen LogP contribution in [0.25, 0.3) is 0 Å². The first-order chi connectivity index (χ1) is 16.3. The number of anilines is 1. The van der Waals surface area contributed by atoms with Crippen LogP contribution in [0.5, 0.6) is 5.75 Å². The molecule has 1 fully saturated rings. The van der Waals surface area contributed by atoms with Crippen molar-refractivity contribution in [3.8, 4) is 5.75 Å². The third-order valence-electron chi connectivity index (χ3n) is 5.65. The molecule has 2 aromatic carbocycles. The Bertz CT molecular complexity index is 1020. The molecule has 1 aliphatic heterocycles. The van der Waals surface area contributed by atoms with Crippen LogP contribution >= 0.6 is 0 Å². The van der Waals surface area contributed by atoms with E-state index in [2.05, 4.69) is 28.8 Å². The standard InChI is InChI=1S/C25H35N3O5S/c1-4-33-23-9-11-24(12-10-23)34(30,31)27-21-7-5-20(6-8-21)25(29)26-18-22(17-19(2)3)28-13-15-32-16-14-28/h5-12,19,22,27H,4,13-18H2,1-3H3,(H,26,29)/t22-/m0/s1. The maximum atomic E-state index is 12.7. The van der Waals surface area contributed by atoms with Gasteiger partial charge in [-0.3, -0.25) is 14.4 Å². The summed E-state index contributed by atoms with van der Waals surface area (Å²) in [6, 6.07) is 12.9. The van der Waals surface area contributed by atoms with E-state index < -0.39 is 10.0 Å². The minimum atomic E-state index is -3.75. The van der Waals surface area contributed by atoms with Gasteiger partial charge in [-0.05, 0) is 67.8 Å². The number of nitrogens with one attached hydrogen (secondary N) is 2. The van der Waals surface area contributed by atoms with Gasteiger partial charge in [-0.25, -0.2) is 8.42 Å². The molecule has 2 N–H and O–H groups in total. The number of hydrogen-bond acceptors (Lipinski definition) is 6. The third-order valence-corrected chi connectivity index (χ3v) is 7.05. The Hall–Kier alpha value is -2.62. The summed E-state index contributed by atoms with van der Waals surface area (Å²) >= 11 is 0. The van der Waals surface area contributed by atoms with Gasteiger partial charge in [0.2, 0.25) is 0 Å². The molecule has 186 valence electrons. The highest BCUT2D eigenvalue weighted by atomic mass is 32.2. The molecule has 34 heavy (non-hydrogen) atoms. The van der Waals surface area contributed by atoms with Gasteiger partial charge in [-0.2, -0.15) is 0 Å². The SMILES string of the molecule is CCOc1ccc(S(=O)(=O)Nc2ccc(C(=O)NC[C@H](CC(C)C)N3CCOCC3)cc2)cc1. The van der Waals surface area contributed by atoms with Crippen LogP contribution in [0.1, 0.15) is 37.6 Å². The molecule has 0 spiro atoms. The first kappa shape index (κ1) is 26.0. The number of carbonyl (C=O) groups is 1. The average Bonchev–Trinajstić information content (AvgIpc) is 2.83. The summed E-state index contributed by atoms with van der Waals surface area (Å²) in [7, 11) is -3.75. The Labute approximate surface area is 202 Å². The predicted molar refractivity (Wildman–Crippen MR) is 133 cm³/mol. The topological polar surface area (TPSA) is 97.0 Å². The van der Waals surface area contributed by atoms with Crippen molar-refractivity contribution in [2.75, 3.05) is 44.2 Å². The van der Waals surface area contributed by atoms with E-state index in [-0.39, 0.29) is 16.8 Å². The van der Waals surface area contributed by atoms with E-state index in [1.807, 2.05) is 6.92 Å². The number of benzene rings is 2. The highest BCUT2D eigenvalue weighted by Crippen LogP contribution is 2.20. The van der Waals surface area contributed by atoms with Crippen LogP contribution in [0.15, 0.2) is 53.4 Å². The lowest BCUT2D eigenvalue weighted by Crippen LogP contribution is -2.49. The summed E-state index contributed by atoms with van der Waals surface area (Å²) in [6.45, 7) is 10.5. The lowest BCUT2D eigenvalue weighted by Gasteiger charge is -2.35. The van der Waals surface area contributed by atoms with E-state index in [0.717, 1.165) is 32.7 Å². The third kappa shape index (κ3) is 7.44. The normalized spacial score (nSPS) is 15.6. The molecule has 0 aromatic heterocycles. The smallest absolute Gasteiger partial charge is 0.261 e. The molecule has 1 amide bonds. The molecule has 8 nitrogen and oxygen atoms in total. The molecule has 3 rings (SSSR count). The van der Waals surface area contributed by atoms with E-state index in [0.29, 0.717) is 36.1 Å². The van der Waals surface area contributed by atoms with Crippen LogP contribution in [0.2, 0.25) is 0 Å². The van der Waals surface area contributed by atoms with Crippen LogP contribution in [0.4, 0.5) is 5.69 Å². The summed E-state index contributed by atoms with van der Waals surface area (Å²) in [4.78, 5) is 15.2. The maximum absolute atomic E-state index is 12.7. The van der Waals surface area contributed by atoms with Crippen molar-refractivity contribution in [2.24, 2.45) is 5.92 Å². The molecule has 0 bridgehead atoms. The largest absolute Gasteiger partial charge is 0.494 e.